The summed E-state index contributed by atoms with van der Waals surface area (Å²) >= 11 is 0. The van der Waals surface area contributed by atoms with Crippen LogP contribution >= 0.6 is 0 Å². The molecule has 0 atom stereocenters. The number of anilines is 2. The topological polar surface area (TPSA) is 52.5 Å². The van der Waals surface area contributed by atoms with Crippen LogP contribution < -0.4 is 5.32 Å². The highest BCUT2D eigenvalue weighted by Gasteiger charge is 2.10. The van der Waals surface area contributed by atoms with Crippen LogP contribution in [0.1, 0.15) is 0 Å². The number of halogens is 1. The molecule has 3 aromatic carbocycles. The van der Waals surface area contributed by atoms with Crippen molar-refractivity contribution in [1.82, 2.24) is 0 Å². The molecule has 0 fully saturated rings. The zero-order chi connectivity index (χ0) is 14.1. The summed E-state index contributed by atoms with van der Waals surface area (Å²) in [6.07, 6.45) is 0. The third-order valence-corrected chi connectivity index (χ3v) is 3.12. The molecule has 0 spiro atoms. The van der Waals surface area contributed by atoms with E-state index in [0.29, 0.717) is 22.1 Å². The SMILES string of the molecule is Oc1cc(Nc2ccc(F)cc2)c(O)c2ccccc12. The molecule has 3 N–H and O–H groups in total. The zero-order valence-electron chi connectivity index (χ0n) is 10.5. The van der Waals surface area contributed by atoms with Crippen LogP contribution in [0.2, 0.25) is 0 Å². The second kappa shape index (κ2) is 4.74. The van der Waals surface area contributed by atoms with Crippen molar-refractivity contribution in [2.75, 3.05) is 5.32 Å². The molecule has 0 saturated carbocycles. The van der Waals surface area contributed by atoms with Gasteiger partial charge in [0.2, 0.25) is 0 Å². The summed E-state index contributed by atoms with van der Waals surface area (Å²) in [4.78, 5) is 0. The van der Waals surface area contributed by atoms with Crippen molar-refractivity contribution in [3.8, 4) is 11.5 Å². The van der Waals surface area contributed by atoms with Crippen LogP contribution in [-0.4, -0.2) is 10.2 Å². The molecular weight excluding hydrogens is 257 g/mol. The minimum Gasteiger partial charge on any atom is -0.507 e. The Kier molecular flexibility index (Phi) is 2.91. The highest BCUT2D eigenvalue weighted by Crippen LogP contribution is 2.39. The van der Waals surface area contributed by atoms with E-state index in [-0.39, 0.29) is 17.3 Å². The summed E-state index contributed by atoms with van der Waals surface area (Å²) in [6.45, 7) is 0. The van der Waals surface area contributed by atoms with Crippen LogP contribution in [0.15, 0.2) is 54.6 Å². The molecular formula is C16H12FNO2. The van der Waals surface area contributed by atoms with E-state index in [9.17, 15) is 14.6 Å². The smallest absolute Gasteiger partial charge is 0.147 e. The van der Waals surface area contributed by atoms with Crippen LogP contribution in [-0.2, 0) is 0 Å². The minimum absolute atomic E-state index is 0.0442. The summed E-state index contributed by atoms with van der Waals surface area (Å²) in [5, 5.41) is 24.3. The van der Waals surface area contributed by atoms with Gasteiger partial charge in [-0.3, -0.25) is 0 Å². The first-order valence-electron chi connectivity index (χ1n) is 6.11. The molecule has 100 valence electrons. The predicted octanol–water partition coefficient (Wildman–Crippen LogP) is 4.13. The first-order chi connectivity index (χ1) is 9.65. The molecule has 0 radical (unpaired) electrons. The van der Waals surface area contributed by atoms with Gasteiger partial charge in [-0.1, -0.05) is 24.3 Å². The van der Waals surface area contributed by atoms with Crippen molar-refractivity contribution < 1.29 is 14.6 Å². The molecule has 0 aliphatic rings. The molecule has 0 bridgehead atoms. The van der Waals surface area contributed by atoms with E-state index in [1.165, 1.54) is 18.2 Å². The third kappa shape index (κ3) is 2.12. The molecule has 3 aromatic rings. The van der Waals surface area contributed by atoms with Crippen molar-refractivity contribution in [3.63, 3.8) is 0 Å². The lowest BCUT2D eigenvalue weighted by atomic mass is 10.1. The lowest BCUT2D eigenvalue weighted by Crippen LogP contribution is -1.92. The zero-order valence-corrected chi connectivity index (χ0v) is 10.5. The predicted molar refractivity (Wildman–Crippen MR) is 77.0 cm³/mol. The number of nitrogens with one attached hydrogen (secondary N) is 1. The van der Waals surface area contributed by atoms with Crippen LogP contribution in [0.3, 0.4) is 0 Å². The van der Waals surface area contributed by atoms with Gasteiger partial charge in [0, 0.05) is 22.5 Å². The van der Waals surface area contributed by atoms with Gasteiger partial charge < -0.3 is 15.5 Å². The van der Waals surface area contributed by atoms with Crippen molar-refractivity contribution in [1.29, 1.82) is 0 Å². The molecule has 20 heavy (non-hydrogen) atoms. The number of phenolic OH excluding ortho intramolecular Hbond substituents is 2. The summed E-state index contributed by atoms with van der Waals surface area (Å²) in [5.74, 6) is -0.216. The van der Waals surface area contributed by atoms with E-state index in [0.717, 1.165) is 0 Å². The minimum atomic E-state index is -0.332. The van der Waals surface area contributed by atoms with Crippen molar-refractivity contribution >= 4 is 22.1 Å². The molecule has 0 unspecified atom stereocenters. The Morgan fingerprint density at radius 1 is 0.850 bits per heavy atom. The van der Waals surface area contributed by atoms with Gasteiger partial charge in [0.15, 0.2) is 0 Å². The summed E-state index contributed by atoms with van der Waals surface area (Å²) < 4.78 is 12.9. The highest BCUT2D eigenvalue weighted by atomic mass is 19.1. The average molecular weight is 269 g/mol. The Hall–Kier alpha value is -2.75. The van der Waals surface area contributed by atoms with Crippen molar-refractivity contribution in [3.05, 3.63) is 60.4 Å². The molecule has 0 aromatic heterocycles. The van der Waals surface area contributed by atoms with Gasteiger partial charge in [-0.05, 0) is 24.3 Å². The molecule has 0 heterocycles. The molecule has 0 aliphatic heterocycles. The fourth-order valence-electron chi connectivity index (χ4n) is 2.12. The molecule has 4 heteroatoms. The molecule has 0 saturated heterocycles. The van der Waals surface area contributed by atoms with Gasteiger partial charge in [-0.15, -0.1) is 0 Å². The summed E-state index contributed by atoms with van der Waals surface area (Å²) in [7, 11) is 0. The quantitative estimate of drug-likeness (QED) is 0.484. The van der Waals surface area contributed by atoms with Gasteiger partial charge >= 0.3 is 0 Å². The van der Waals surface area contributed by atoms with Gasteiger partial charge in [0.05, 0.1) is 5.69 Å². The molecule has 0 amide bonds. The van der Waals surface area contributed by atoms with E-state index < -0.39 is 0 Å². The Bertz CT molecular complexity index is 769. The maximum Gasteiger partial charge on any atom is 0.147 e. The standard InChI is InChI=1S/C16H12FNO2/c17-10-5-7-11(8-6-10)18-14-9-15(19)12-3-1-2-4-13(12)16(14)20/h1-9,18-20H. The van der Waals surface area contributed by atoms with Crippen LogP contribution in [0, 0.1) is 5.82 Å². The van der Waals surface area contributed by atoms with E-state index in [1.54, 1.807) is 36.4 Å². The normalized spacial score (nSPS) is 10.7. The lowest BCUT2D eigenvalue weighted by Gasteiger charge is -2.12. The van der Waals surface area contributed by atoms with Gasteiger partial charge in [0.1, 0.15) is 17.3 Å². The van der Waals surface area contributed by atoms with Gasteiger partial charge in [0.25, 0.3) is 0 Å². The number of hydrogen-bond donors (Lipinski definition) is 3. The number of fused-ring (bicyclic) bond motifs is 1. The second-order valence-corrected chi connectivity index (χ2v) is 4.47. The second-order valence-electron chi connectivity index (χ2n) is 4.47. The fraction of sp³-hybridized carbons (Fsp3) is 0. The average Bonchev–Trinajstić information content (AvgIpc) is 2.47. The van der Waals surface area contributed by atoms with Crippen molar-refractivity contribution in [2.24, 2.45) is 0 Å². The van der Waals surface area contributed by atoms with Crippen molar-refractivity contribution in [2.45, 2.75) is 0 Å². The third-order valence-electron chi connectivity index (χ3n) is 3.12. The van der Waals surface area contributed by atoms with Crippen LogP contribution in [0.4, 0.5) is 15.8 Å². The number of rotatable bonds is 2. The molecule has 3 nitrogen and oxygen atoms in total. The Balaban J connectivity index is 2.08. The Morgan fingerprint density at radius 3 is 2.20 bits per heavy atom. The van der Waals surface area contributed by atoms with Gasteiger partial charge in [-0.2, -0.15) is 0 Å². The number of benzene rings is 3. The first kappa shape index (κ1) is 12.3. The fourth-order valence-corrected chi connectivity index (χ4v) is 2.12. The summed E-state index contributed by atoms with van der Waals surface area (Å²) in [6, 6.07) is 14.2. The lowest BCUT2D eigenvalue weighted by molar-refractivity contribution is 0.471. The van der Waals surface area contributed by atoms with Gasteiger partial charge in [-0.25, -0.2) is 4.39 Å². The number of phenols is 2. The van der Waals surface area contributed by atoms with E-state index >= 15 is 0 Å². The Morgan fingerprint density at radius 2 is 1.50 bits per heavy atom. The molecule has 0 aliphatic carbocycles. The largest absolute Gasteiger partial charge is 0.507 e. The molecule has 3 rings (SSSR count). The van der Waals surface area contributed by atoms with E-state index in [2.05, 4.69) is 5.32 Å². The Labute approximate surface area is 114 Å². The van der Waals surface area contributed by atoms with Crippen LogP contribution in [0.25, 0.3) is 10.8 Å². The van der Waals surface area contributed by atoms with Crippen LogP contribution in [0.5, 0.6) is 11.5 Å². The monoisotopic (exact) mass is 269 g/mol. The highest BCUT2D eigenvalue weighted by molar-refractivity contribution is 5.98. The number of hydrogen-bond acceptors (Lipinski definition) is 3. The maximum atomic E-state index is 12.9. The van der Waals surface area contributed by atoms with E-state index in [4.69, 9.17) is 0 Å². The first-order valence-corrected chi connectivity index (χ1v) is 6.11. The summed E-state index contributed by atoms with van der Waals surface area (Å²) in [5.41, 5.74) is 0.990. The maximum absolute atomic E-state index is 12.9. The van der Waals surface area contributed by atoms with E-state index in [1.807, 2.05) is 0 Å². The number of aromatic hydroxyl groups is 2.